The van der Waals surface area contributed by atoms with Crippen molar-refractivity contribution in [2.75, 3.05) is 11.9 Å². The summed E-state index contributed by atoms with van der Waals surface area (Å²) >= 11 is 5.75. The van der Waals surface area contributed by atoms with Crippen molar-refractivity contribution in [1.29, 1.82) is 0 Å². The molecule has 2 nitrogen and oxygen atoms in total. The molecule has 0 radical (unpaired) electrons. The van der Waals surface area contributed by atoms with E-state index >= 15 is 0 Å². The normalized spacial score (nSPS) is 10.2. The molecule has 1 N–H and O–H groups in total. The van der Waals surface area contributed by atoms with Crippen LogP contribution in [0.1, 0.15) is 5.56 Å². The zero-order chi connectivity index (χ0) is 12.1. The van der Waals surface area contributed by atoms with Gasteiger partial charge in [-0.1, -0.05) is 29.8 Å². The molecular weight excluding hydrogens is 239 g/mol. The van der Waals surface area contributed by atoms with Crippen molar-refractivity contribution < 1.29 is 4.39 Å². The number of anilines is 1. The second-order valence-corrected chi connectivity index (χ2v) is 4.02. The fraction of sp³-hybridized carbons (Fsp3) is 0.154. The third-order valence-electron chi connectivity index (χ3n) is 2.41. The Balaban J connectivity index is 1.90. The maximum atomic E-state index is 13.3. The van der Waals surface area contributed by atoms with Crippen LogP contribution in [0.25, 0.3) is 0 Å². The lowest BCUT2D eigenvalue weighted by molar-refractivity contribution is 0.610. The third-order valence-corrected chi connectivity index (χ3v) is 2.61. The number of hydrogen-bond donors (Lipinski definition) is 1. The molecule has 0 aliphatic rings. The molecule has 0 bridgehead atoms. The van der Waals surface area contributed by atoms with Gasteiger partial charge < -0.3 is 5.32 Å². The molecule has 0 aliphatic heterocycles. The summed E-state index contributed by atoms with van der Waals surface area (Å²) in [4.78, 5) is 3.89. The van der Waals surface area contributed by atoms with Crippen LogP contribution in [0.5, 0.6) is 0 Å². The summed E-state index contributed by atoms with van der Waals surface area (Å²) in [5, 5.41) is 3.62. The second kappa shape index (κ2) is 5.64. The monoisotopic (exact) mass is 250 g/mol. The Bertz CT molecular complexity index is 502. The molecule has 4 heteroatoms. The van der Waals surface area contributed by atoms with Crippen LogP contribution in [0, 0.1) is 5.82 Å². The molecule has 0 spiro atoms. The third kappa shape index (κ3) is 3.43. The molecule has 0 amide bonds. The summed E-state index contributed by atoms with van der Waals surface area (Å²) in [6.07, 6.45) is 2.26. The van der Waals surface area contributed by atoms with Gasteiger partial charge in [0.05, 0.1) is 0 Å². The van der Waals surface area contributed by atoms with E-state index in [2.05, 4.69) is 10.3 Å². The van der Waals surface area contributed by atoms with Gasteiger partial charge >= 0.3 is 0 Å². The predicted octanol–water partition coefficient (Wildman–Crippen LogP) is 3.53. The van der Waals surface area contributed by atoms with E-state index in [0.717, 1.165) is 5.69 Å². The first-order valence-electron chi connectivity index (χ1n) is 5.34. The van der Waals surface area contributed by atoms with Crippen molar-refractivity contribution in [2.45, 2.75) is 6.42 Å². The number of hydrogen-bond acceptors (Lipinski definition) is 2. The van der Waals surface area contributed by atoms with Gasteiger partial charge in [-0.15, -0.1) is 0 Å². The minimum atomic E-state index is -0.165. The van der Waals surface area contributed by atoms with Gasteiger partial charge in [0.2, 0.25) is 0 Å². The topological polar surface area (TPSA) is 24.9 Å². The summed E-state index contributed by atoms with van der Waals surface area (Å²) in [5.41, 5.74) is 1.60. The van der Waals surface area contributed by atoms with Crippen molar-refractivity contribution in [3.63, 3.8) is 0 Å². The average Bonchev–Trinajstić information content (AvgIpc) is 2.32. The van der Waals surface area contributed by atoms with E-state index in [1.165, 1.54) is 6.07 Å². The standard InChI is InChI=1S/C13H12ClFN2/c14-13-9-11(6-8-17-13)16-7-5-10-3-1-2-4-12(10)15/h1-4,6,8-9H,5,7H2,(H,16,17). The van der Waals surface area contributed by atoms with Gasteiger partial charge in [-0.3, -0.25) is 0 Å². The maximum Gasteiger partial charge on any atom is 0.131 e. The minimum Gasteiger partial charge on any atom is -0.385 e. The van der Waals surface area contributed by atoms with Crippen LogP contribution in [0.2, 0.25) is 5.15 Å². The van der Waals surface area contributed by atoms with E-state index in [0.29, 0.717) is 23.7 Å². The lowest BCUT2D eigenvalue weighted by Crippen LogP contribution is -2.06. The Morgan fingerprint density at radius 3 is 2.82 bits per heavy atom. The van der Waals surface area contributed by atoms with E-state index in [9.17, 15) is 4.39 Å². The maximum absolute atomic E-state index is 13.3. The lowest BCUT2D eigenvalue weighted by Gasteiger charge is -2.07. The smallest absolute Gasteiger partial charge is 0.131 e. The summed E-state index contributed by atoms with van der Waals surface area (Å²) in [5.74, 6) is -0.165. The molecule has 2 aromatic rings. The SMILES string of the molecule is Fc1ccccc1CCNc1ccnc(Cl)c1. The van der Waals surface area contributed by atoms with E-state index < -0.39 is 0 Å². The zero-order valence-corrected chi connectivity index (χ0v) is 9.91. The molecule has 0 atom stereocenters. The Morgan fingerprint density at radius 2 is 2.06 bits per heavy atom. The van der Waals surface area contributed by atoms with E-state index in [4.69, 9.17) is 11.6 Å². The molecule has 0 saturated heterocycles. The Kier molecular flexibility index (Phi) is 3.94. The Morgan fingerprint density at radius 1 is 1.24 bits per heavy atom. The number of halogens is 2. The lowest BCUT2D eigenvalue weighted by atomic mass is 10.1. The average molecular weight is 251 g/mol. The molecule has 0 unspecified atom stereocenters. The van der Waals surface area contributed by atoms with Crippen LogP contribution in [0.15, 0.2) is 42.6 Å². The summed E-state index contributed by atoms with van der Waals surface area (Å²) in [7, 11) is 0. The van der Waals surface area contributed by atoms with Crippen LogP contribution in [-0.4, -0.2) is 11.5 Å². The van der Waals surface area contributed by atoms with Crippen LogP contribution in [-0.2, 0) is 6.42 Å². The molecule has 1 heterocycles. The summed E-state index contributed by atoms with van der Waals surface area (Å²) in [6, 6.07) is 10.3. The Hall–Kier alpha value is -1.61. The predicted molar refractivity (Wildman–Crippen MR) is 67.8 cm³/mol. The molecule has 0 saturated carbocycles. The van der Waals surface area contributed by atoms with Crippen molar-refractivity contribution in [3.05, 3.63) is 59.1 Å². The molecular formula is C13H12ClFN2. The van der Waals surface area contributed by atoms with E-state index in [1.807, 2.05) is 12.1 Å². The van der Waals surface area contributed by atoms with Gasteiger partial charge in [0.25, 0.3) is 0 Å². The van der Waals surface area contributed by atoms with Crippen molar-refractivity contribution in [2.24, 2.45) is 0 Å². The highest BCUT2D eigenvalue weighted by Gasteiger charge is 2.00. The van der Waals surface area contributed by atoms with Gasteiger partial charge in [0, 0.05) is 18.4 Å². The number of benzene rings is 1. The van der Waals surface area contributed by atoms with Gasteiger partial charge in [-0.2, -0.15) is 0 Å². The fourth-order valence-corrected chi connectivity index (χ4v) is 1.73. The van der Waals surface area contributed by atoms with E-state index in [1.54, 1.807) is 24.4 Å². The largest absolute Gasteiger partial charge is 0.385 e. The van der Waals surface area contributed by atoms with Crippen molar-refractivity contribution >= 4 is 17.3 Å². The molecule has 1 aromatic carbocycles. The van der Waals surface area contributed by atoms with Gasteiger partial charge in [0.1, 0.15) is 11.0 Å². The van der Waals surface area contributed by atoms with Crippen LogP contribution < -0.4 is 5.32 Å². The zero-order valence-electron chi connectivity index (χ0n) is 9.16. The van der Waals surface area contributed by atoms with Gasteiger partial charge in [-0.25, -0.2) is 9.37 Å². The molecule has 0 fully saturated rings. The van der Waals surface area contributed by atoms with Crippen LogP contribution >= 0.6 is 11.6 Å². The van der Waals surface area contributed by atoms with Crippen molar-refractivity contribution in [3.8, 4) is 0 Å². The highest BCUT2D eigenvalue weighted by atomic mass is 35.5. The number of nitrogens with one attached hydrogen (secondary N) is 1. The molecule has 1 aromatic heterocycles. The summed E-state index contributed by atoms with van der Waals surface area (Å²) < 4.78 is 13.3. The number of aromatic nitrogens is 1. The first kappa shape index (κ1) is 11.9. The molecule has 17 heavy (non-hydrogen) atoms. The quantitative estimate of drug-likeness (QED) is 0.840. The second-order valence-electron chi connectivity index (χ2n) is 3.64. The molecule has 88 valence electrons. The minimum absolute atomic E-state index is 0.165. The van der Waals surface area contributed by atoms with Crippen LogP contribution in [0.3, 0.4) is 0 Å². The number of pyridine rings is 1. The number of nitrogens with zero attached hydrogens (tertiary/aromatic N) is 1. The van der Waals surface area contributed by atoms with Gasteiger partial charge in [-0.05, 0) is 30.2 Å². The highest BCUT2D eigenvalue weighted by Crippen LogP contribution is 2.12. The van der Waals surface area contributed by atoms with Gasteiger partial charge in [0.15, 0.2) is 0 Å². The van der Waals surface area contributed by atoms with Crippen molar-refractivity contribution in [1.82, 2.24) is 4.98 Å². The van der Waals surface area contributed by atoms with E-state index in [-0.39, 0.29) is 5.82 Å². The van der Waals surface area contributed by atoms with Crippen LogP contribution in [0.4, 0.5) is 10.1 Å². The first-order chi connectivity index (χ1) is 8.25. The Labute approximate surface area is 104 Å². The number of rotatable bonds is 4. The highest BCUT2D eigenvalue weighted by molar-refractivity contribution is 6.29. The summed E-state index contributed by atoms with van der Waals surface area (Å²) in [6.45, 7) is 0.654. The fourth-order valence-electron chi connectivity index (χ4n) is 1.56. The molecule has 0 aliphatic carbocycles. The first-order valence-corrected chi connectivity index (χ1v) is 5.72. The molecule has 2 rings (SSSR count).